The maximum absolute atomic E-state index is 12.6. The number of para-hydroxylation sites is 1. The largest absolute Gasteiger partial charge is 0.326 e. The minimum Gasteiger partial charge on any atom is -0.326 e. The van der Waals surface area contributed by atoms with Crippen molar-refractivity contribution < 1.29 is 9.59 Å². The second kappa shape index (κ2) is 8.55. The molecule has 24 heavy (non-hydrogen) atoms. The van der Waals surface area contributed by atoms with E-state index in [-0.39, 0.29) is 17.7 Å². The van der Waals surface area contributed by atoms with E-state index >= 15 is 0 Å². The molecule has 0 fully saturated rings. The molecule has 2 aromatic rings. The predicted molar refractivity (Wildman–Crippen MR) is 102 cm³/mol. The monoisotopic (exact) mass is 342 g/mol. The summed E-state index contributed by atoms with van der Waals surface area (Å²) in [6.07, 6.45) is 1.97. The van der Waals surface area contributed by atoms with Gasteiger partial charge in [-0.3, -0.25) is 9.59 Å². The van der Waals surface area contributed by atoms with Gasteiger partial charge < -0.3 is 10.2 Å². The van der Waals surface area contributed by atoms with Crippen molar-refractivity contribution in [3.8, 4) is 0 Å². The number of rotatable bonds is 6. The second-order valence-electron chi connectivity index (χ2n) is 5.63. The number of nitrogens with zero attached hydrogens (tertiary/aromatic N) is 1. The van der Waals surface area contributed by atoms with Gasteiger partial charge in [-0.25, -0.2) is 0 Å². The number of carbonyl (C=O) groups excluding carboxylic acids is 2. The van der Waals surface area contributed by atoms with Crippen LogP contribution in [-0.2, 0) is 4.79 Å². The van der Waals surface area contributed by atoms with Crippen LogP contribution in [0.5, 0.6) is 0 Å². The minimum absolute atomic E-state index is 0.0367. The van der Waals surface area contributed by atoms with E-state index in [1.807, 2.05) is 43.5 Å². The van der Waals surface area contributed by atoms with E-state index in [0.29, 0.717) is 11.3 Å². The summed E-state index contributed by atoms with van der Waals surface area (Å²) >= 11 is 1.64. The fourth-order valence-corrected chi connectivity index (χ4v) is 2.94. The lowest BCUT2D eigenvalue weighted by Crippen LogP contribution is -2.26. The average molecular weight is 342 g/mol. The summed E-state index contributed by atoms with van der Waals surface area (Å²) in [5.74, 6) is 0.535. The van der Waals surface area contributed by atoms with Gasteiger partial charge in [-0.05, 0) is 36.6 Å². The van der Waals surface area contributed by atoms with E-state index < -0.39 is 0 Å². The number of amides is 2. The Morgan fingerprint density at radius 3 is 2.50 bits per heavy atom. The summed E-state index contributed by atoms with van der Waals surface area (Å²) in [6.45, 7) is 1.89. The third-order valence-corrected chi connectivity index (χ3v) is 4.52. The Labute approximate surface area is 147 Å². The summed E-state index contributed by atoms with van der Waals surface area (Å²) in [5, 5.41) is 2.88. The van der Waals surface area contributed by atoms with Crippen molar-refractivity contribution in [3.05, 3.63) is 60.2 Å². The summed E-state index contributed by atoms with van der Waals surface area (Å²) < 4.78 is 0. The zero-order valence-corrected chi connectivity index (χ0v) is 15.0. The van der Waals surface area contributed by atoms with Gasteiger partial charge in [0.05, 0.1) is 0 Å². The smallest absolute Gasteiger partial charge is 0.258 e. The third-order valence-electron chi connectivity index (χ3n) is 3.69. The van der Waals surface area contributed by atoms with E-state index in [9.17, 15) is 9.59 Å². The number of benzene rings is 2. The van der Waals surface area contributed by atoms with Crippen molar-refractivity contribution in [2.45, 2.75) is 6.92 Å². The molecular formula is C19H22N2O2S. The highest BCUT2D eigenvalue weighted by Crippen LogP contribution is 2.18. The lowest BCUT2D eigenvalue weighted by Gasteiger charge is -2.18. The molecule has 0 saturated heterocycles. The summed E-state index contributed by atoms with van der Waals surface area (Å²) in [5.41, 5.74) is 2.00. The van der Waals surface area contributed by atoms with E-state index in [1.165, 1.54) is 0 Å². The standard InChI is InChI=1S/C19H22N2O2S/c1-14(13-24-3)18(22)20-16-9-7-8-15(12-16)19(23)21(2)17-10-5-4-6-11-17/h4-12,14H,13H2,1-3H3,(H,20,22)/t14-/m0/s1. The Bertz CT molecular complexity index is 704. The van der Waals surface area contributed by atoms with Crippen molar-refractivity contribution >= 4 is 35.0 Å². The van der Waals surface area contributed by atoms with Gasteiger partial charge in [0.25, 0.3) is 5.91 Å². The molecule has 0 saturated carbocycles. The first-order valence-corrected chi connectivity index (χ1v) is 9.15. The molecule has 0 aromatic heterocycles. The molecule has 2 rings (SSSR count). The number of hydrogen-bond donors (Lipinski definition) is 1. The first-order valence-electron chi connectivity index (χ1n) is 7.76. The van der Waals surface area contributed by atoms with Gasteiger partial charge >= 0.3 is 0 Å². The predicted octanol–water partition coefficient (Wildman–Crippen LogP) is 3.90. The highest BCUT2D eigenvalue weighted by molar-refractivity contribution is 7.98. The minimum atomic E-state index is -0.116. The van der Waals surface area contributed by atoms with E-state index in [1.54, 1.807) is 48.0 Å². The van der Waals surface area contributed by atoms with Crippen LogP contribution in [-0.4, -0.2) is 30.9 Å². The molecular weight excluding hydrogens is 320 g/mol. The van der Waals surface area contributed by atoms with E-state index in [4.69, 9.17) is 0 Å². The van der Waals surface area contributed by atoms with Crippen molar-refractivity contribution in [1.82, 2.24) is 0 Å². The highest BCUT2D eigenvalue weighted by atomic mass is 32.2. The van der Waals surface area contributed by atoms with Crippen LogP contribution in [0.3, 0.4) is 0 Å². The SMILES string of the molecule is CSC[C@H](C)C(=O)Nc1cccc(C(=O)N(C)c2ccccc2)c1. The summed E-state index contributed by atoms with van der Waals surface area (Å²) in [6, 6.07) is 16.5. The molecule has 0 bridgehead atoms. The fourth-order valence-electron chi connectivity index (χ4n) is 2.28. The molecule has 0 unspecified atom stereocenters. The van der Waals surface area contributed by atoms with Gasteiger partial charge in [-0.1, -0.05) is 31.2 Å². The molecule has 0 spiro atoms. The normalized spacial score (nSPS) is 11.6. The quantitative estimate of drug-likeness (QED) is 0.866. The molecule has 0 aliphatic heterocycles. The van der Waals surface area contributed by atoms with Crippen molar-refractivity contribution in [3.63, 3.8) is 0 Å². The van der Waals surface area contributed by atoms with E-state index in [2.05, 4.69) is 5.32 Å². The van der Waals surface area contributed by atoms with Gasteiger partial charge in [0.15, 0.2) is 0 Å². The summed E-state index contributed by atoms with van der Waals surface area (Å²) in [7, 11) is 1.74. The second-order valence-corrected chi connectivity index (χ2v) is 6.54. The van der Waals surface area contributed by atoms with Crippen molar-refractivity contribution in [1.29, 1.82) is 0 Å². The van der Waals surface area contributed by atoms with E-state index in [0.717, 1.165) is 11.4 Å². The van der Waals surface area contributed by atoms with Crippen molar-refractivity contribution in [2.75, 3.05) is 29.3 Å². The molecule has 4 nitrogen and oxygen atoms in total. The first-order chi connectivity index (χ1) is 11.5. The Hall–Kier alpha value is -2.27. The highest BCUT2D eigenvalue weighted by Gasteiger charge is 2.16. The Morgan fingerprint density at radius 1 is 1.12 bits per heavy atom. The molecule has 1 N–H and O–H groups in total. The zero-order valence-electron chi connectivity index (χ0n) is 14.2. The Morgan fingerprint density at radius 2 is 1.83 bits per heavy atom. The average Bonchev–Trinajstić information content (AvgIpc) is 2.61. The molecule has 2 amide bonds. The van der Waals surface area contributed by atoms with Gasteiger partial charge in [0.1, 0.15) is 0 Å². The Balaban J connectivity index is 2.12. The molecule has 2 aromatic carbocycles. The maximum Gasteiger partial charge on any atom is 0.258 e. The van der Waals surface area contributed by atoms with Gasteiger partial charge in [-0.2, -0.15) is 11.8 Å². The molecule has 5 heteroatoms. The third kappa shape index (κ3) is 4.61. The van der Waals surface area contributed by atoms with Gasteiger partial charge in [-0.15, -0.1) is 0 Å². The molecule has 0 radical (unpaired) electrons. The van der Waals surface area contributed by atoms with Crippen LogP contribution >= 0.6 is 11.8 Å². The van der Waals surface area contributed by atoms with Crippen LogP contribution in [0, 0.1) is 5.92 Å². The van der Waals surface area contributed by atoms with Gasteiger partial charge in [0.2, 0.25) is 5.91 Å². The van der Waals surface area contributed by atoms with Crippen LogP contribution in [0.15, 0.2) is 54.6 Å². The lowest BCUT2D eigenvalue weighted by molar-refractivity contribution is -0.118. The lowest BCUT2D eigenvalue weighted by atomic mass is 10.1. The number of anilines is 2. The number of carbonyl (C=O) groups is 2. The first kappa shape index (κ1) is 18.1. The maximum atomic E-state index is 12.6. The van der Waals surface area contributed by atoms with Gasteiger partial charge in [0, 0.05) is 35.7 Å². The van der Waals surface area contributed by atoms with Crippen LogP contribution in [0.2, 0.25) is 0 Å². The molecule has 0 heterocycles. The molecule has 126 valence electrons. The molecule has 0 aliphatic carbocycles. The van der Waals surface area contributed by atoms with Crippen LogP contribution in [0.4, 0.5) is 11.4 Å². The zero-order chi connectivity index (χ0) is 17.5. The van der Waals surface area contributed by atoms with Crippen LogP contribution in [0.1, 0.15) is 17.3 Å². The topological polar surface area (TPSA) is 49.4 Å². The van der Waals surface area contributed by atoms with Crippen molar-refractivity contribution in [2.24, 2.45) is 5.92 Å². The number of thioether (sulfide) groups is 1. The molecule has 0 aliphatic rings. The van der Waals surface area contributed by atoms with Crippen LogP contribution in [0.25, 0.3) is 0 Å². The Kier molecular flexibility index (Phi) is 6.44. The molecule has 1 atom stereocenters. The number of nitrogens with one attached hydrogen (secondary N) is 1. The van der Waals surface area contributed by atoms with Crippen LogP contribution < -0.4 is 10.2 Å². The number of hydrogen-bond acceptors (Lipinski definition) is 3. The summed E-state index contributed by atoms with van der Waals surface area (Å²) in [4.78, 5) is 26.3. The fraction of sp³-hybridized carbons (Fsp3) is 0.263.